The Morgan fingerprint density at radius 1 is 1.07 bits per heavy atom. The number of nitrogens with zero attached hydrogens (tertiary/aromatic N) is 3. The predicted molar refractivity (Wildman–Crippen MR) is 110 cm³/mol. The highest BCUT2D eigenvalue weighted by atomic mass is 79.9. The van der Waals surface area contributed by atoms with E-state index < -0.39 is 0 Å². The van der Waals surface area contributed by atoms with Crippen LogP contribution in [0.25, 0.3) is 10.8 Å². The monoisotopic (exact) mass is 437 g/mol. The Hall–Kier alpha value is -3.26. The van der Waals surface area contributed by atoms with Gasteiger partial charge in [0.1, 0.15) is 5.82 Å². The molecule has 0 aliphatic carbocycles. The van der Waals surface area contributed by atoms with E-state index in [9.17, 15) is 9.59 Å². The number of carbonyl (C=O) groups is 1. The summed E-state index contributed by atoms with van der Waals surface area (Å²) in [6.45, 7) is 0.537. The lowest BCUT2D eigenvalue weighted by molar-refractivity contribution is -0.115. The van der Waals surface area contributed by atoms with E-state index >= 15 is 0 Å². The van der Waals surface area contributed by atoms with Crippen LogP contribution in [0.2, 0.25) is 0 Å². The van der Waals surface area contributed by atoms with Crippen LogP contribution in [-0.2, 0) is 17.8 Å². The molecule has 2 heterocycles. The number of aromatic nitrogens is 4. The molecule has 0 aliphatic rings. The zero-order valence-electron chi connectivity index (χ0n) is 14.7. The fourth-order valence-electron chi connectivity index (χ4n) is 2.97. The first-order valence-electron chi connectivity index (χ1n) is 8.62. The maximum absolute atomic E-state index is 12.6. The van der Waals surface area contributed by atoms with Crippen molar-refractivity contribution in [1.82, 2.24) is 20.0 Å². The molecule has 2 aromatic carbocycles. The molecule has 8 heteroatoms. The van der Waals surface area contributed by atoms with Gasteiger partial charge in [-0.15, -0.1) is 0 Å². The first-order valence-corrected chi connectivity index (χ1v) is 9.42. The number of hydrogen-bond acceptors (Lipinski definition) is 4. The molecule has 28 heavy (non-hydrogen) atoms. The van der Waals surface area contributed by atoms with Crippen LogP contribution in [0.4, 0.5) is 5.82 Å². The number of halogens is 1. The highest BCUT2D eigenvalue weighted by molar-refractivity contribution is 9.10. The molecule has 140 valence electrons. The van der Waals surface area contributed by atoms with Crippen LogP contribution in [-0.4, -0.2) is 25.9 Å². The number of hydrogen-bond donors (Lipinski definition) is 2. The van der Waals surface area contributed by atoms with Gasteiger partial charge in [0.25, 0.3) is 5.56 Å². The summed E-state index contributed by atoms with van der Waals surface area (Å²) < 4.78 is 2.73. The Labute approximate surface area is 168 Å². The number of anilines is 1. The molecule has 0 aliphatic heterocycles. The van der Waals surface area contributed by atoms with Gasteiger partial charge in [0.05, 0.1) is 30.2 Å². The molecule has 2 aromatic heterocycles. The topological polar surface area (TPSA) is 92.7 Å². The summed E-state index contributed by atoms with van der Waals surface area (Å²) in [7, 11) is 0. The molecule has 4 rings (SSSR count). The van der Waals surface area contributed by atoms with Crippen molar-refractivity contribution in [2.24, 2.45) is 0 Å². The molecule has 7 nitrogen and oxygen atoms in total. The van der Waals surface area contributed by atoms with Gasteiger partial charge in [0, 0.05) is 15.9 Å². The van der Waals surface area contributed by atoms with E-state index in [4.69, 9.17) is 0 Å². The number of nitrogens with one attached hydrogen (secondary N) is 2. The van der Waals surface area contributed by atoms with E-state index in [2.05, 4.69) is 36.5 Å². The van der Waals surface area contributed by atoms with Crippen LogP contribution < -0.4 is 10.9 Å². The van der Waals surface area contributed by atoms with Crippen LogP contribution in [0.3, 0.4) is 0 Å². The van der Waals surface area contributed by atoms with E-state index in [1.807, 2.05) is 30.3 Å². The van der Waals surface area contributed by atoms with Crippen LogP contribution in [0.5, 0.6) is 0 Å². The average Bonchev–Trinajstić information content (AvgIpc) is 3.12. The number of benzene rings is 2. The zero-order valence-corrected chi connectivity index (χ0v) is 16.3. The van der Waals surface area contributed by atoms with E-state index in [1.165, 1.54) is 0 Å². The van der Waals surface area contributed by atoms with Gasteiger partial charge in [-0.1, -0.05) is 46.3 Å². The van der Waals surface area contributed by atoms with Crippen LogP contribution >= 0.6 is 15.9 Å². The minimum Gasteiger partial charge on any atom is -0.311 e. The minimum absolute atomic E-state index is 0.0424. The number of rotatable bonds is 5. The first kappa shape index (κ1) is 18.1. The van der Waals surface area contributed by atoms with Gasteiger partial charge >= 0.3 is 0 Å². The van der Waals surface area contributed by atoms with Crippen molar-refractivity contribution < 1.29 is 4.79 Å². The highest BCUT2D eigenvalue weighted by Crippen LogP contribution is 2.16. The number of aromatic amines is 1. The second-order valence-corrected chi connectivity index (χ2v) is 7.19. The van der Waals surface area contributed by atoms with Crippen LogP contribution in [0, 0.1) is 0 Å². The molecule has 0 saturated carbocycles. The Morgan fingerprint density at radius 3 is 2.61 bits per heavy atom. The standard InChI is InChI=1S/C20H16BrN5O2/c21-14-7-5-13(6-8-14)12-26-18(9-10-22-26)23-19(27)11-17-15-3-1-2-4-16(15)20(28)25-24-17/h1-10H,11-12H2,(H,23,27)(H,25,28). The second kappa shape index (κ2) is 7.77. The van der Waals surface area contributed by atoms with Crippen molar-refractivity contribution >= 4 is 38.4 Å². The molecule has 2 N–H and O–H groups in total. The lowest BCUT2D eigenvalue weighted by Gasteiger charge is -2.10. The van der Waals surface area contributed by atoms with Gasteiger partial charge in [0.2, 0.25) is 5.91 Å². The number of carbonyl (C=O) groups excluding carboxylic acids is 1. The number of amides is 1. The van der Waals surface area contributed by atoms with Crippen molar-refractivity contribution in [3.63, 3.8) is 0 Å². The Bertz CT molecular complexity index is 1200. The molecule has 0 saturated heterocycles. The molecule has 0 unspecified atom stereocenters. The van der Waals surface area contributed by atoms with E-state index in [1.54, 1.807) is 35.1 Å². The molecule has 4 aromatic rings. The number of H-pyrrole nitrogens is 1. The molecule has 0 atom stereocenters. The van der Waals surface area contributed by atoms with Crippen molar-refractivity contribution in [2.75, 3.05) is 5.32 Å². The Balaban J connectivity index is 1.51. The van der Waals surface area contributed by atoms with Crippen LogP contribution in [0.15, 0.2) is 70.1 Å². The normalized spacial score (nSPS) is 10.9. The quantitative estimate of drug-likeness (QED) is 0.501. The first-order chi connectivity index (χ1) is 13.6. The molecular formula is C20H16BrN5O2. The van der Waals surface area contributed by atoms with Gasteiger partial charge in [-0.2, -0.15) is 10.2 Å². The Kier molecular flexibility index (Phi) is 5.03. The van der Waals surface area contributed by atoms with E-state index in [0.717, 1.165) is 10.0 Å². The van der Waals surface area contributed by atoms with Crippen molar-refractivity contribution in [2.45, 2.75) is 13.0 Å². The highest BCUT2D eigenvalue weighted by Gasteiger charge is 2.13. The minimum atomic E-state index is -0.271. The van der Waals surface area contributed by atoms with Crippen molar-refractivity contribution in [1.29, 1.82) is 0 Å². The smallest absolute Gasteiger partial charge is 0.272 e. The Morgan fingerprint density at radius 2 is 1.82 bits per heavy atom. The fourth-order valence-corrected chi connectivity index (χ4v) is 3.24. The SMILES string of the molecule is O=C(Cc1n[nH]c(=O)c2ccccc12)Nc1ccnn1Cc1ccc(Br)cc1. The third kappa shape index (κ3) is 3.86. The summed E-state index contributed by atoms with van der Waals surface area (Å²) >= 11 is 3.42. The summed E-state index contributed by atoms with van der Waals surface area (Å²) in [5, 5.41) is 14.8. The maximum Gasteiger partial charge on any atom is 0.272 e. The number of fused-ring (bicyclic) bond motifs is 1. The van der Waals surface area contributed by atoms with Gasteiger partial charge in [-0.3, -0.25) is 9.59 Å². The van der Waals surface area contributed by atoms with Crippen LogP contribution in [0.1, 0.15) is 11.3 Å². The van der Waals surface area contributed by atoms with Gasteiger partial charge < -0.3 is 5.32 Å². The second-order valence-electron chi connectivity index (χ2n) is 6.27. The summed E-state index contributed by atoms with van der Waals surface area (Å²) in [5.41, 5.74) is 1.31. The molecular weight excluding hydrogens is 422 g/mol. The predicted octanol–water partition coefficient (Wildman–Crippen LogP) is 3.11. The molecule has 0 radical (unpaired) electrons. The van der Waals surface area contributed by atoms with Crippen molar-refractivity contribution in [3.8, 4) is 0 Å². The van der Waals surface area contributed by atoms with Gasteiger partial charge in [0.15, 0.2) is 0 Å². The average molecular weight is 438 g/mol. The third-order valence-electron chi connectivity index (χ3n) is 4.33. The summed E-state index contributed by atoms with van der Waals surface area (Å²) in [5.74, 6) is 0.365. The molecule has 1 amide bonds. The molecule has 0 bridgehead atoms. The third-order valence-corrected chi connectivity index (χ3v) is 4.86. The summed E-state index contributed by atoms with van der Waals surface area (Å²) in [6.07, 6.45) is 1.68. The lowest BCUT2D eigenvalue weighted by atomic mass is 10.1. The zero-order chi connectivity index (χ0) is 19.5. The van der Waals surface area contributed by atoms with Gasteiger partial charge in [-0.05, 0) is 23.8 Å². The van der Waals surface area contributed by atoms with Gasteiger partial charge in [-0.25, -0.2) is 9.78 Å². The van der Waals surface area contributed by atoms with E-state index in [0.29, 0.717) is 28.8 Å². The summed E-state index contributed by atoms with van der Waals surface area (Å²) in [6, 6.07) is 16.8. The largest absolute Gasteiger partial charge is 0.311 e. The maximum atomic E-state index is 12.6. The van der Waals surface area contributed by atoms with Crippen molar-refractivity contribution in [3.05, 3.63) is 86.9 Å². The molecule has 0 spiro atoms. The fraction of sp³-hybridized carbons (Fsp3) is 0.100. The summed E-state index contributed by atoms with van der Waals surface area (Å²) in [4.78, 5) is 24.4. The molecule has 0 fully saturated rings. The van der Waals surface area contributed by atoms with E-state index in [-0.39, 0.29) is 17.9 Å². The lowest BCUT2D eigenvalue weighted by Crippen LogP contribution is -2.20.